The Bertz CT molecular complexity index is 1200. The molecule has 1 amide bonds. The molecular formula is C22H19F3N2O4S. The van der Waals surface area contributed by atoms with Crippen LogP contribution >= 0.6 is 0 Å². The minimum absolute atomic E-state index is 0.0824. The fourth-order valence-electron chi connectivity index (χ4n) is 2.88. The molecule has 0 aliphatic heterocycles. The molecule has 0 aliphatic rings. The molecule has 0 aromatic heterocycles. The minimum Gasteiger partial charge on any atom is -0.497 e. The zero-order chi connectivity index (χ0) is 23.3. The predicted octanol–water partition coefficient (Wildman–Crippen LogP) is 3.94. The third-order valence-corrected chi connectivity index (χ3v) is 6.33. The second-order valence-corrected chi connectivity index (χ2v) is 8.64. The quantitative estimate of drug-likeness (QED) is 0.513. The Kier molecular flexibility index (Phi) is 7.16. The van der Waals surface area contributed by atoms with Crippen molar-refractivity contribution in [3.8, 4) is 5.75 Å². The number of amides is 1. The highest BCUT2D eigenvalue weighted by Gasteiger charge is 2.27. The maximum absolute atomic E-state index is 13.9. The van der Waals surface area contributed by atoms with E-state index in [4.69, 9.17) is 4.74 Å². The van der Waals surface area contributed by atoms with Crippen LogP contribution in [0.1, 0.15) is 5.56 Å². The van der Waals surface area contributed by atoms with E-state index in [9.17, 15) is 26.4 Å². The summed E-state index contributed by atoms with van der Waals surface area (Å²) < 4.78 is 72.8. The normalized spacial score (nSPS) is 11.4. The van der Waals surface area contributed by atoms with Crippen molar-refractivity contribution in [2.24, 2.45) is 0 Å². The number of nitrogens with one attached hydrogen (secondary N) is 1. The lowest BCUT2D eigenvalue weighted by Crippen LogP contribution is -2.37. The lowest BCUT2D eigenvalue weighted by molar-refractivity contribution is -0.116. The van der Waals surface area contributed by atoms with E-state index in [2.05, 4.69) is 5.32 Å². The molecule has 3 aromatic carbocycles. The van der Waals surface area contributed by atoms with Crippen LogP contribution in [-0.2, 0) is 21.4 Å². The average molecular weight is 464 g/mol. The van der Waals surface area contributed by atoms with Crippen LogP contribution in [0.4, 0.5) is 18.9 Å². The molecule has 6 nitrogen and oxygen atoms in total. The Morgan fingerprint density at radius 2 is 1.59 bits per heavy atom. The number of halogens is 3. The highest BCUT2D eigenvalue weighted by molar-refractivity contribution is 7.89. The number of ether oxygens (including phenoxy) is 1. The standard InChI is InChI=1S/C22H19F3N2O4S/c1-31-16-7-9-17(10-8-16)32(29,30)27(13-15-5-3-2-4-6-15)14-20(28)26-19-12-11-18(23)21(24)22(19)25/h2-12H,13-14H2,1H3,(H,26,28). The SMILES string of the molecule is COc1ccc(S(=O)(=O)N(CC(=O)Nc2ccc(F)c(F)c2F)Cc2ccccc2)cc1. The van der Waals surface area contributed by atoms with Crippen molar-refractivity contribution < 1.29 is 31.1 Å². The van der Waals surface area contributed by atoms with Gasteiger partial charge < -0.3 is 10.1 Å². The molecule has 0 atom stereocenters. The van der Waals surface area contributed by atoms with Crippen molar-refractivity contribution in [3.63, 3.8) is 0 Å². The highest BCUT2D eigenvalue weighted by atomic mass is 32.2. The zero-order valence-electron chi connectivity index (χ0n) is 16.9. The Labute approximate surface area is 183 Å². The molecule has 0 saturated carbocycles. The number of benzene rings is 3. The number of carbonyl (C=O) groups is 1. The Hall–Kier alpha value is -3.37. The summed E-state index contributed by atoms with van der Waals surface area (Å²) in [6.45, 7) is -0.843. The van der Waals surface area contributed by atoms with Gasteiger partial charge in [-0.3, -0.25) is 4.79 Å². The first kappa shape index (κ1) is 23.3. The van der Waals surface area contributed by atoms with Gasteiger partial charge in [-0.05, 0) is 42.0 Å². The molecule has 1 N–H and O–H groups in total. The smallest absolute Gasteiger partial charge is 0.243 e. The third-order valence-electron chi connectivity index (χ3n) is 4.53. The number of methoxy groups -OCH3 is 1. The van der Waals surface area contributed by atoms with Crippen LogP contribution in [0.15, 0.2) is 71.6 Å². The van der Waals surface area contributed by atoms with Crippen LogP contribution in [0.3, 0.4) is 0 Å². The van der Waals surface area contributed by atoms with Gasteiger partial charge in [0.15, 0.2) is 17.5 Å². The van der Waals surface area contributed by atoms with Gasteiger partial charge in [-0.25, -0.2) is 21.6 Å². The van der Waals surface area contributed by atoms with Gasteiger partial charge in [0.05, 0.1) is 24.2 Å². The van der Waals surface area contributed by atoms with E-state index in [0.29, 0.717) is 17.4 Å². The number of sulfonamides is 1. The fraction of sp³-hybridized carbons (Fsp3) is 0.136. The fourth-order valence-corrected chi connectivity index (χ4v) is 4.27. The molecular weight excluding hydrogens is 445 g/mol. The van der Waals surface area contributed by atoms with Crippen LogP contribution in [-0.4, -0.2) is 32.3 Å². The van der Waals surface area contributed by atoms with Gasteiger partial charge in [-0.2, -0.15) is 4.31 Å². The second-order valence-electron chi connectivity index (χ2n) is 6.71. The van der Waals surface area contributed by atoms with E-state index >= 15 is 0 Å². The van der Waals surface area contributed by atoms with Crippen molar-refractivity contribution in [3.05, 3.63) is 89.7 Å². The van der Waals surface area contributed by atoms with Crippen LogP contribution in [0.5, 0.6) is 5.75 Å². The van der Waals surface area contributed by atoms with Crippen molar-refractivity contribution in [2.45, 2.75) is 11.4 Å². The summed E-state index contributed by atoms with van der Waals surface area (Å²) in [5.41, 5.74) is 0.00630. The molecule has 3 rings (SSSR count). The second kappa shape index (κ2) is 9.84. The Morgan fingerprint density at radius 3 is 2.22 bits per heavy atom. The lowest BCUT2D eigenvalue weighted by atomic mass is 10.2. The zero-order valence-corrected chi connectivity index (χ0v) is 17.7. The van der Waals surface area contributed by atoms with Gasteiger partial charge in [0, 0.05) is 6.54 Å². The molecule has 0 bridgehead atoms. The first-order chi connectivity index (χ1) is 15.2. The highest BCUT2D eigenvalue weighted by Crippen LogP contribution is 2.23. The molecule has 10 heteroatoms. The summed E-state index contributed by atoms with van der Waals surface area (Å²) >= 11 is 0. The molecule has 0 unspecified atom stereocenters. The summed E-state index contributed by atoms with van der Waals surface area (Å²) in [5.74, 6) is -5.21. The van der Waals surface area contributed by atoms with E-state index in [1.165, 1.54) is 31.4 Å². The summed E-state index contributed by atoms with van der Waals surface area (Å²) in [7, 11) is -2.71. The number of anilines is 1. The van der Waals surface area contributed by atoms with E-state index in [1.54, 1.807) is 30.3 Å². The van der Waals surface area contributed by atoms with E-state index in [-0.39, 0.29) is 11.4 Å². The van der Waals surface area contributed by atoms with E-state index < -0.39 is 45.6 Å². The van der Waals surface area contributed by atoms with Gasteiger partial charge in [0.2, 0.25) is 15.9 Å². The molecule has 0 fully saturated rings. The first-order valence-electron chi connectivity index (χ1n) is 9.34. The maximum atomic E-state index is 13.9. The summed E-state index contributed by atoms with van der Waals surface area (Å²) in [4.78, 5) is 12.4. The van der Waals surface area contributed by atoms with Crippen LogP contribution in [0.2, 0.25) is 0 Å². The van der Waals surface area contributed by atoms with Crippen molar-refractivity contribution in [1.29, 1.82) is 0 Å². The number of rotatable bonds is 8. The lowest BCUT2D eigenvalue weighted by Gasteiger charge is -2.22. The van der Waals surface area contributed by atoms with Gasteiger partial charge >= 0.3 is 0 Å². The summed E-state index contributed by atoms with van der Waals surface area (Å²) in [6.07, 6.45) is 0. The molecule has 3 aromatic rings. The predicted molar refractivity (Wildman–Crippen MR) is 112 cm³/mol. The minimum atomic E-state index is -4.15. The molecule has 0 spiro atoms. The molecule has 0 saturated heterocycles. The van der Waals surface area contributed by atoms with Gasteiger partial charge in [0.25, 0.3) is 0 Å². The van der Waals surface area contributed by atoms with E-state index in [0.717, 1.165) is 10.4 Å². The molecule has 168 valence electrons. The summed E-state index contributed by atoms with van der Waals surface area (Å²) in [6, 6.07) is 15.6. The van der Waals surface area contributed by atoms with Crippen LogP contribution in [0.25, 0.3) is 0 Å². The van der Waals surface area contributed by atoms with Crippen molar-refractivity contribution >= 4 is 21.6 Å². The van der Waals surface area contributed by atoms with Gasteiger partial charge in [-0.15, -0.1) is 0 Å². The first-order valence-corrected chi connectivity index (χ1v) is 10.8. The van der Waals surface area contributed by atoms with Gasteiger partial charge in [0.1, 0.15) is 5.75 Å². The largest absolute Gasteiger partial charge is 0.497 e. The molecule has 0 radical (unpaired) electrons. The average Bonchev–Trinajstić information content (AvgIpc) is 2.79. The summed E-state index contributed by atoms with van der Waals surface area (Å²) in [5, 5.41) is 2.09. The monoisotopic (exact) mass is 464 g/mol. The van der Waals surface area contributed by atoms with E-state index in [1.807, 2.05) is 0 Å². The van der Waals surface area contributed by atoms with Crippen LogP contribution < -0.4 is 10.1 Å². The topological polar surface area (TPSA) is 75.7 Å². The number of carbonyl (C=O) groups excluding carboxylic acids is 1. The number of hydrogen-bond donors (Lipinski definition) is 1. The Balaban J connectivity index is 1.88. The van der Waals surface area contributed by atoms with Crippen molar-refractivity contribution in [1.82, 2.24) is 4.31 Å². The Morgan fingerprint density at radius 1 is 0.938 bits per heavy atom. The van der Waals surface area contributed by atoms with Gasteiger partial charge in [-0.1, -0.05) is 30.3 Å². The molecule has 0 heterocycles. The number of nitrogens with zero attached hydrogens (tertiary/aromatic N) is 1. The maximum Gasteiger partial charge on any atom is 0.243 e. The third kappa shape index (κ3) is 5.27. The molecule has 32 heavy (non-hydrogen) atoms. The van der Waals surface area contributed by atoms with Crippen molar-refractivity contribution in [2.75, 3.05) is 19.0 Å². The molecule has 0 aliphatic carbocycles. The number of hydrogen-bond acceptors (Lipinski definition) is 4. The van der Waals surface area contributed by atoms with Crippen LogP contribution in [0, 0.1) is 17.5 Å².